The molecule has 0 amide bonds. The third-order valence-electron chi connectivity index (χ3n) is 1.87. The summed E-state index contributed by atoms with van der Waals surface area (Å²) < 4.78 is 6.11. The van der Waals surface area contributed by atoms with E-state index in [2.05, 4.69) is 15.9 Å². The van der Waals surface area contributed by atoms with Crippen molar-refractivity contribution in [1.82, 2.24) is 0 Å². The summed E-state index contributed by atoms with van der Waals surface area (Å²) in [6.45, 7) is 3.16. The summed E-state index contributed by atoms with van der Waals surface area (Å²) in [5.74, 6) is 0. The minimum Gasteiger partial charge on any atom is -0.380 e. The van der Waals surface area contributed by atoms with E-state index in [4.69, 9.17) is 22.1 Å². The second-order valence-corrected chi connectivity index (χ2v) is 4.20. The number of benzene rings is 1. The van der Waals surface area contributed by atoms with Crippen molar-refractivity contribution in [3.05, 3.63) is 33.3 Å². The van der Waals surface area contributed by atoms with E-state index in [-0.39, 0.29) is 6.04 Å². The Morgan fingerprint density at radius 1 is 1.57 bits per heavy atom. The fourth-order valence-electron chi connectivity index (χ4n) is 1.08. The first kappa shape index (κ1) is 12.0. The Morgan fingerprint density at radius 2 is 2.29 bits per heavy atom. The van der Waals surface area contributed by atoms with Gasteiger partial charge in [0.15, 0.2) is 0 Å². The molecule has 0 spiro atoms. The highest BCUT2D eigenvalue weighted by Crippen LogP contribution is 2.25. The van der Waals surface area contributed by atoms with Gasteiger partial charge in [-0.25, -0.2) is 0 Å². The molecule has 2 nitrogen and oxygen atoms in total. The highest BCUT2D eigenvalue weighted by molar-refractivity contribution is 9.10. The third-order valence-corrected chi connectivity index (χ3v) is 3.09. The predicted octanol–water partition coefficient (Wildman–Crippen LogP) is 3.14. The van der Waals surface area contributed by atoms with E-state index in [9.17, 15) is 0 Å². The van der Waals surface area contributed by atoms with Crippen LogP contribution in [0.4, 0.5) is 0 Å². The van der Waals surface area contributed by atoms with Crippen LogP contribution in [0.3, 0.4) is 0 Å². The van der Waals surface area contributed by atoms with Crippen molar-refractivity contribution < 1.29 is 4.74 Å². The molecule has 2 N–H and O–H groups in total. The fourth-order valence-corrected chi connectivity index (χ4v) is 1.60. The standard InChI is InChI=1S/C10H13BrClNO/c1-2-14-6-10(13)7-3-4-9(12)8(11)5-7/h3-5,10H,2,6,13H2,1H3. The van der Waals surface area contributed by atoms with E-state index in [1.807, 2.05) is 25.1 Å². The van der Waals surface area contributed by atoms with Gasteiger partial charge in [-0.05, 0) is 40.5 Å². The Hall–Kier alpha value is -0.0900. The van der Waals surface area contributed by atoms with Gasteiger partial charge in [-0.15, -0.1) is 0 Å². The zero-order valence-corrected chi connectivity index (χ0v) is 10.3. The maximum absolute atomic E-state index is 5.91. The molecule has 0 fully saturated rings. The summed E-state index contributed by atoms with van der Waals surface area (Å²) in [6, 6.07) is 5.57. The highest BCUT2D eigenvalue weighted by Gasteiger charge is 2.07. The summed E-state index contributed by atoms with van der Waals surface area (Å²) in [5.41, 5.74) is 6.93. The van der Waals surface area contributed by atoms with Crippen LogP contribution >= 0.6 is 27.5 Å². The average molecular weight is 279 g/mol. The summed E-state index contributed by atoms with van der Waals surface area (Å²) >= 11 is 9.22. The maximum Gasteiger partial charge on any atom is 0.0659 e. The quantitative estimate of drug-likeness (QED) is 0.918. The van der Waals surface area contributed by atoms with Crippen molar-refractivity contribution in [2.75, 3.05) is 13.2 Å². The Bertz CT molecular complexity index is 306. The SMILES string of the molecule is CCOCC(N)c1ccc(Cl)c(Br)c1. The van der Waals surface area contributed by atoms with Gasteiger partial charge >= 0.3 is 0 Å². The first-order valence-electron chi connectivity index (χ1n) is 4.43. The van der Waals surface area contributed by atoms with Crippen molar-refractivity contribution in [2.45, 2.75) is 13.0 Å². The molecule has 0 radical (unpaired) electrons. The molecule has 1 aromatic rings. The molecule has 1 atom stereocenters. The van der Waals surface area contributed by atoms with E-state index in [1.165, 1.54) is 0 Å². The molecule has 0 aromatic heterocycles. The van der Waals surface area contributed by atoms with Crippen LogP contribution < -0.4 is 5.73 Å². The minimum atomic E-state index is -0.0940. The molecular formula is C10H13BrClNO. The van der Waals surface area contributed by atoms with Gasteiger partial charge in [-0.3, -0.25) is 0 Å². The van der Waals surface area contributed by atoms with Crippen molar-refractivity contribution >= 4 is 27.5 Å². The molecular weight excluding hydrogens is 265 g/mol. The van der Waals surface area contributed by atoms with Gasteiger partial charge in [0, 0.05) is 11.1 Å². The third kappa shape index (κ3) is 3.24. The Labute approximate surface area is 97.5 Å². The van der Waals surface area contributed by atoms with E-state index in [0.29, 0.717) is 18.2 Å². The van der Waals surface area contributed by atoms with Crippen LogP contribution in [0.25, 0.3) is 0 Å². The number of nitrogens with two attached hydrogens (primary N) is 1. The number of ether oxygens (including phenoxy) is 1. The number of hydrogen-bond donors (Lipinski definition) is 1. The van der Waals surface area contributed by atoms with Crippen LogP contribution in [0.5, 0.6) is 0 Å². The Kier molecular flexibility index (Phi) is 4.89. The second-order valence-electron chi connectivity index (χ2n) is 2.94. The van der Waals surface area contributed by atoms with Crippen molar-refractivity contribution in [3.63, 3.8) is 0 Å². The monoisotopic (exact) mass is 277 g/mol. The molecule has 0 heterocycles. The van der Waals surface area contributed by atoms with Crippen LogP contribution in [0.15, 0.2) is 22.7 Å². The molecule has 1 rings (SSSR count). The van der Waals surface area contributed by atoms with E-state index < -0.39 is 0 Å². The van der Waals surface area contributed by atoms with Crippen LogP contribution in [0, 0.1) is 0 Å². The minimum absolute atomic E-state index is 0.0940. The fraction of sp³-hybridized carbons (Fsp3) is 0.400. The molecule has 0 bridgehead atoms. The van der Waals surface area contributed by atoms with Gasteiger partial charge in [0.05, 0.1) is 17.7 Å². The van der Waals surface area contributed by atoms with E-state index in [1.54, 1.807) is 0 Å². The van der Waals surface area contributed by atoms with Crippen molar-refractivity contribution in [1.29, 1.82) is 0 Å². The molecule has 1 unspecified atom stereocenters. The molecule has 0 saturated heterocycles. The molecule has 0 aliphatic heterocycles. The van der Waals surface area contributed by atoms with Gasteiger partial charge in [-0.2, -0.15) is 0 Å². The average Bonchev–Trinajstić information content (AvgIpc) is 2.18. The lowest BCUT2D eigenvalue weighted by Crippen LogP contribution is -2.17. The molecule has 1 aromatic carbocycles. The maximum atomic E-state index is 5.91. The smallest absolute Gasteiger partial charge is 0.0659 e. The normalized spacial score (nSPS) is 12.9. The van der Waals surface area contributed by atoms with Crippen LogP contribution in [-0.2, 0) is 4.74 Å². The molecule has 0 aliphatic rings. The highest BCUT2D eigenvalue weighted by atomic mass is 79.9. The molecule has 78 valence electrons. The zero-order valence-electron chi connectivity index (χ0n) is 7.97. The van der Waals surface area contributed by atoms with E-state index >= 15 is 0 Å². The topological polar surface area (TPSA) is 35.2 Å². The first-order chi connectivity index (χ1) is 6.65. The van der Waals surface area contributed by atoms with Gasteiger partial charge in [0.25, 0.3) is 0 Å². The molecule has 0 aliphatic carbocycles. The van der Waals surface area contributed by atoms with Crippen LogP contribution in [0.2, 0.25) is 5.02 Å². The van der Waals surface area contributed by atoms with Gasteiger partial charge in [-0.1, -0.05) is 17.7 Å². The van der Waals surface area contributed by atoms with Crippen LogP contribution in [-0.4, -0.2) is 13.2 Å². The van der Waals surface area contributed by atoms with Gasteiger partial charge in [0.1, 0.15) is 0 Å². The van der Waals surface area contributed by atoms with E-state index in [0.717, 1.165) is 10.0 Å². The lowest BCUT2D eigenvalue weighted by Gasteiger charge is -2.12. The number of hydrogen-bond acceptors (Lipinski definition) is 2. The molecule has 4 heteroatoms. The number of halogens is 2. The van der Waals surface area contributed by atoms with Crippen molar-refractivity contribution in [3.8, 4) is 0 Å². The largest absolute Gasteiger partial charge is 0.380 e. The predicted molar refractivity (Wildman–Crippen MR) is 62.6 cm³/mol. The Morgan fingerprint density at radius 3 is 2.86 bits per heavy atom. The lowest BCUT2D eigenvalue weighted by atomic mass is 10.1. The lowest BCUT2D eigenvalue weighted by molar-refractivity contribution is 0.133. The summed E-state index contributed by atoms with van der Waals surface area (Å²) in [6.07, 6.45) is 0. The Balaban J connectivity index is 2.70. The number of rotatable bonds is 4. The van der Waals surface area contributed by atoms with Crippen molar-refractivity contribution in [2.24, 2.45) is 5.73 Å². The summed E-state index contributed by atoms with van der Waals surface area (Å²) in [7, 11) is 0. The zero-order chi connectivity index (χ0) is 10.6. The summed E-state index contributed by atoms with van der Waals surface area (Å²) in [4.78, 5) is 0. The second kappa shape index (κ2) is 5.71. The summed E-state index contributed by atoms with van der Waals surface area (Å²) in [5, 5.41) is 0.692. The van der Waals surface area contributed by atoms with Gasteiger partial charge < -0.3 is 10.5 Å². The van der Waals surface area contributed by atoms with Gasteiger partial charge in [0.2, 0.25) is 0 Å². The first-order valence-corrected chi connectivity index (χ1v) is 5.60. The molecule has 14 heavy (non-hydrogen) atoms. The molecule has 0 saturated carbocycles. The van der Waals surface area contributed by atoms with Crippen LogP contribution in [0.1, 0.15) is 18.5 Å².